The highest BCUT2D eigenvalue weighted by atomic mass is 16.6. The topological polar surface area (TPSA) is 111 Å². The number of piperidine rings is 1. The Morgan fingerprint density at radius 2 is 2.15 bits per heavy atom. The molecule has 1 fully saturated rings. The van der Waals surface area contributed by atoms with Crippen LogP contribution in [0.15, 0.2) is 0 Å². The highest BCUT2D eigenvalue weighted by Gasteiger charge is 2.30. The molecule has 0 saturated carbocycles. The standard InChI is InChI=1S/C13H23N3O4/c1-13(2,3)20-12(19)16-9(10(14)17)7-8-5-4-6-15-11(8)18/h8-9H,4-7H2,1-3H3,(H2,14,17)(H,15,18)(H,16,19). The second-order valence-electron chi connectivity index (χ2n) is 5.97. The zero-order valence-corrected chi connectivity index (χ0v) is 12.2. The summed E-state index contributed by atoms with van der Waals surface area (Å²) in [6, 6.07) is -0.904. The molecule has 2 unspecified atom stereocenters. The first-order valence-corrected chi connectivity index (χ1v) is 6.75. The summed E-state index contributed by atoms with van der Waals surface area (Å²) < 4.78 is 5.08. The van der Waals surface area contributed by atoms with Crippen LogP contribution in [0.1, 0.15) is 40.0 Å². The van der Waals surface area contributed by atoms with Gasteiger partial charge in [0.25, 0.3) is 0 Å². The third kappa shape index (κ3) is 5.46. The van der Waals surface area contributed by atoms with Crippen LogP contribution in [0.2, 0.25) is 0 Å². The molecule has 0 bridgehead atoms. The van der Waals surface area contributed by atoms with Crippen LogP contribution in [-0.4, -0.2) is 36.1 Å². The SMILES string of the molecule is CC(C)(C)OC(=O)NC(CC1CCCNC1=O)C(N)=O. The summed E-state index contributed by atoms with van der Waals surface area (Å²) >= 11 is 0. The van der Waals surface area contributed by atoms with Crippen molar-refractivity contribution in [2.24, 2.45) is 11.7 Å². The van der Waals surface area contributed by atoms with Gasteiger partial charge in [0.2, 0.25) is 11.8 Å². The summed E-state index contributed by atoms with van der Waals surface area (Å²) in [6.07, 6.45) is 1.03. The van der Waals surface area contributed by atoms with E-state index in [1.165, 1.54) is 0 Å². The van der Waals surface area contributed by atoms with Crippen molar-refractivity contribution in [1.29, 1.82) is 0 Å². The van der Waals surface area contributed by atoms with Crippen LogP contribution >= 0.6 is 0 Å². The van der Waals surface area contributed by atoms with E-state index in [1.54, 1.807) is 20.8 Å². The molecule has 1 heterocycles. The van der Waals surface area contributed by atoms with Crippen molar-refractivity contribution in [2.45, 2.75) is 51.7 Å². The average Bonchev–Trinajstić information content (AvgIpc) is 2.28. The maximum Gasteiger partial charge on any atom is 0.408 e. The molecular formula is C13H23N3O4. The van der Waals surface area contributed by atoms with Crippen molar-refractivity contribution >= 4 is 17.9 Å². The minimum absolute atomic E-state index is 0.103. The van der Waals surface area contributed by atoms with E-state index in [2.05, 4.69) is 10.6 Å². The van der Waals surface area contributed by atoms with Crippen molar-refractivity contribution in [3.63, 3.8) is 0 Å². The summed E-state index contributed by atoms with van der Waals surface area (Å²) in [7, 11) is 0. The lowest BCUT2D eigenvalue weighted by Gasteiger charge is -2.26. The molecule has 1 aliphatic rings. The molecule has 0 aromatic rings. The number of alkyl carbamates (subject to hydrolysis) is 1. The average molecular weight is 285 g/mol. The molecule has 0 aromatic carbocycles. The van der Waals surface area contributed by atoms with Gasteiger partial charge in [0.1, 0.15) is 11.6 Å². The Bertz CT molecular complexity index is 390. The van der Waals surface area contributed by atoms with E-state index in [-0.39, 0.29) is 18.2 Å². The molecular weight excluding hydrogens is 262 g/mol. The van der Waals surface area contributed by atoms with Gasteiger partial charge in [-0.1, -0.05) is 0 Å². The predicted molar refractivity (Wildman–Crippen MR) is 72.7 cm³/mol. The van der Waals surface area contributed by atoms with Crippen LogP contribution in [0.3, 0.4) is 0 Å². The Hall–Kier alpha value is -1.79. The van der Waals surface area contributed by atoms with Crippen LogP contribution in [0.25, 0.3) is 0 Å². The van der Waals surface area contributed by atoms with Crippen LogP contribution in [0, 0.1) is 5.92 Å². The van der Waals surface area contributed by atoms with Crippen LogP contribution < -0.4 is 16.4 Å². The molecule has 1 aliphatic heterocycles. The normalized spacial score (nSPS) is 20.8. The Kier molecular flexibility index (Phi) is 5.35. The fourth-order valence-corrected chi connectivity index (χ4v) is 2.04. The number of nitrogens with one attached hydrogen (secondary N) is 2. The van der Waals surface area contributed by atoms with Crippen molar-refractivity contribution in [1.82, 2.24) is 10.6 Å². The summed E-state index contributed by atoms with van der Waals surface area (Å²) in [5.74, 6) is -1.08. The van der Waals surface area contributed by atoms with Gasteiger partial charge in [0.05, 0.1) is 0 Å². The lowest BCUT2D eigenvalue weighted by atomic mass is 9.91. The quantitative estimate of drug-likeness (QED) is 0.689. The zero-order chi connectivity index (χ0) is 15.3. The molecule has 2 atom stereocenters. The van der Waals surface area contributed by atoms with E-state index in [9.17, 15) is 14.4 Å². The van der Waals surface area contributed by atoms with Gasteiger partial charge in [-0.25, -0.2) is 4.79 Å². The van der Waals surface area contributed by atoms with Gasteiger partial charge in [0, 0.05) is 12.5 Å². The van der Waals surface area contributed by atoms with Gasteiger partial charge >= 0.3 is 6.09 Å². The fraction of sp³-hybridized carbons (Fsp3) is 0.769. The third-order valence-electron chi connectivity index (χ3n) is 2.95. The number of carbonyl (C=O) groups excluding carboxylic acids is 3. The third-order valence-corrected chi connectivity index (χ3v) is 2.95. The van der Waals surface area contributed by atoms with Crippen molar-refractivity contribution in [3.05, 3.63) is 0 Å². The minimum atomic E-state index is -0.904. The molecule has 7 heteroatoms. The molecule has 114 valence electrons. The van der Waals surface area contributed by atoms with Crippen molar-refractivity contribution < 1.29 is 19.1 Å². The van der Waals surface area contributed by atoms with E-state index in [0.29, 0.717) is 13.0 Å². The Balaban J connectivity index is 2.58. The number of primary amides is 1. The number of nitrogens with two attached hydrogens (primary N) is 1. The number of amides is 3. The molecule has 1 rings (SSSR count). The number of hydrogen-bond acceptors (Lipinski definition) is 4. The van der Waals surface area contributed by atoms with Crippen LogP contribution in [-0.2, 0) is 14.3 Å². The second-order valence-corrected chi connectivity index (χ2v) is 5.97. The molecule has 7 nitrogen and oxygen atoms in total. The maximum absolute atomic E-state index is 11.7. The van der Waals surface area contributed by atoms with Gasteiger partial charge in [0.15, 0.2) is 0 Å². The van der Waals surface area contributed by atoms with Crippen LogP contribution in [0.4, 0.5) is 4.79 Å². The lowest BCUT2D eigenvalue weighted by Crippen LogP contribution is -2.49. The molecule has 3 amide bonds. The minimum Gasteiger partial charge on any atom is -0.444 e. The molecule has 0 radical (unpaired) electrons. The van der Waals surface area contributed by atoms with E-state index in [1.807, 2.05) is 0 Å². The van der Waals surface area contributed by atoms with Gasteiger partial charge in [-0.2, -0.15) is 0 Å². The summed E-state index contributed by atoms with van der Waals surface area (Å²) in [6.45, 7) is 5.82. The molecule has 4 N–H and O–H groups in total. The lowest BCUT2D eigenvalue weighted by molar-refractivity contribution is -0.127. The van der Waals surface area contributed by atoms with Gasteiger partial charge in [-0.3, -0.25) is 9.59 Å². The number of rotatable bonds is 4. The molecule has 0 spiro atoms. The molecule has 20 heavy (non-hydrogen) atoms. The Morgan fingerprint density at radius 1 is 1.50 bits per heavy atom. The number of hydrogen-bond donors (Lipinski definition) is 3. The van der Waals surface area contributed by atoms with Crippen molar-refractivity contribution in [2.75, 3.05) is 6.54 Å². The number of carbonyl (C=O) groups is 3. The molecule has 0 aliphatic carbocycles. The smallest absolute Gasteiger partial charge is 0.408 e. The zero-order valence-electron chi connectivity index (χ0n) is 12.2. The van der Waals surface area contributed by atoms with Gasteiger partial charge in [-0.15, -0.1) is 0 Å². The molecule has 1 saturated heterocycles. The summed E-state index contributed by atoms with van der Waals surface area (Å²) in [5, 5.41) is 5.16. The maximum atomic E-state index is 11.7. The van der Waals surface area contributed by atoms with Gasteiger partial charge in [-0.05, 0) is 40.0 Å². The second kappa shape index (κ2) is 6.58. The van der Waals surface area contributed by atoms with E-state index in [4.69, 9.17) is 10.5 Å². The van der Waals surface area contributed by atoms with E-state index >= 15 is 0 Å². The number of ether oxygens (including phenoxy) is 1. The highest BCUT2D eigenvalue weighted by molar-refractivity contribution is 5.86. The summed E-state index contributed by atoms with van der Waals surface area (Å²) in [5.41, 5.74) is 4.61. The van der Waals surface area contributed by atoms with Crippen LogP contribution in [0.5, 0.6) is 0 Å². The van der Waals surface area contributed by atoms with E-state index in [0.717, 1.165) is 6.42 Å². The Labute approximate surface area is 118 Å². The first-order chi connectivity index (χ1) is 9.19. The summed E-state index contributed by atoms with van der Waals surface area (Å²) in [4.78, 5) is 34.7. The Morgan fingerprint density at radius 3 is 2.65 bits per heavy atom. The highest BCUT2D eigenvalue weighted by Crippen LogP contribution is 2.17. The van der Waals surface area contributed by atoms with Gasteiger partial charge < -0.3 is 21.1 Å². The predicted octanol–water partition coefficient (Wildman–Crippen LogP) is 0.281. The first-order valence-electron chi connectivity index (χ1n) is 6.75. The first kappa shape index (κ1) is 16.3. The monoisotopic (exact) mass is 285 g/mol. The molecule has 0 aromatic heterocycles. The largest absolute Gasteiger partial charge is 0.444 e. The van der Waals surface area contributed by atoms with Crippen molar-refractivity contribution in [3.8, 4) is 0 Å². The fourth-order valence-electron chi connectivity index (χ4n) is 2.04. The van der Waals surface area contributed by atoms with E-state index < -0.39 is 23.6 Å².